The lowest BCUT2D eigenvalue weighted by atomic mass is 10.0. The molecule has 0 saturated heterocycles. The second-order valence-corrected chi connectivity index (χ2v) is 7.32. The molecule has 0 unspecified atom stereocenters. The van der Waals surface area contributed by atoms with Crippen molar-refractivity contribution in [3.63, 3.8) is 0 Å². The Balaban J connectivity index is 1.87. The molecular weight excluding hydrogens is 328 g/mol. The van der Waals surface area contributed by atoms with Crippen molar-refractivity contribution in [2.45, 2.75) is 33.2 Å². The molecule has 1 aliphatic rings. The molecule has 8 heteroatoms. The van der Waals surface area contributed by atoms with Gasteiger partial charge in [0.1, 0.15) is 0 Å². The van der Waals surface area contributed by atoms with Crippen LogP contribution in [0, 0.1) is 6.92 Å². The van der Waals surface area contributed by atoms with Gasteiger partial charge >= 0.3 is 10.2 Å². The summed E-state index contributed by atoms with van der Waals surface area (Å²) in [5.41, 5.74) is 2.37. The third-order valence-corrected chi connectivity index (χ3v) is 5.50. The number of benzene rings is 1. The van der Waals surface area contributed by atoms with Crippen molar-refractivity contribution in [1.29, 1.82) is 0 Å². The quantitative estimate of drug-likeness (QED) is 0.910. The zero-order valence-electron chi connectivity index (χ0n) is 13.7. The molecule has 0 saturated carbocycles. The molecule has 0 fully saturated rings. The number of para-hydroxylation sites is 1. The number of fused-ring (bicyclic) bond motifs is 1. The van der Waals surface area contributed by atoms with Crippen LogP contribution >= 0.6 is 0 Å². The van der Waals surface area contributed by atoms with Gasteiger partial charge in [0.05, 0.1) is 16.9 Å². The smallest absolute Gasteiger partial charge is 0.272 e. The molecule has 1 aliphatic heterocycles. The van der Waals surface area contributed by atoms with Crippen molar-refractivity contribution < 1.29 is 13.2 Å². The van der Waals surface area contributed by atoms with Crippen LogP contribution in [0.4, 0.5) is 5.69 Å². The topological polar surface area (TPSA) is 84.3 Å². The molecule has 1 aromatic carbocycles. The van der Waals surface area contributed by atoms with E-state index in [2.05, 4.69) is 9.82 Å². The molecule has 7 nitrogen and oxygen atoms in total. The number of hydrogen-bond acceptors (Lipinski definition) is 4. The molecule has 2 heterocycles. The minimum atomic E-state index is -3.96. The fourth-order valence-corrected chi connectivity index (χ4v) is 4.14. The zero-order chi connectivity index (χ0) is 17.3. The maximum absolute atomic E-state index is 12.7. The van der Waals surface area contributed by atoms with Crippen LogP contribution in [0.3, 0.4) is 0 Å². The zero-order valence-corrected chi connectivity index (χ0v) is 14.5. The second kappa shape index (κ2) is 6.27. The second-order valence-electron chi connectivity index (χ2n) is 5.72. The van der Waals surface area contributed by atoms with Gasteiger partial charge in [-0.2, -0.15) is 13.5 Å². The molecule has 0 aliphatic carbocycles. The third kappa shape index (κ3) is 3.01. The van der Waals surface area contributed by atoms with E-state index >= 15 is 0 Å². The number of hydrogen-bond donors (Lipinski definition) is 1. The van der Waals surface area contributed by atoms with Crippen LogP contribution in [0.2, 0.25) is 0 Å². The predicted octanol–water partition coefficient (Wildman–Crippen LogP) is 1.64. The van der Waals surface area contributed by atoms with Gasteiger partial charge in [-0.05, 0) is 38.3 Å². The number of nitrogens with zero attached hydrogens (tertiary/aromatic N) is 3. The molecule has 0 spiro atoms. The van der Waals surface area contributed by atoms with E-state index in [0.717, 1.165) is 18.4 Å². The molecule has 1 N–H and O–H groups in total. The van der Waals surface area contributed by atoms with E-state index in [9.17, 15) is 13.2 Å². The summed E-state index contributed by atoms with van der Waals surface area (Å²) in [4.78, 5) is 12.4. The molecule has 0 atom stereocenters. The van der Waals surface area contributed by atoms with Crippen LogP contribution in [-0.4, -0.2) is 30.7 Å². The van der Waals surface area contributed by atoms with Crippen LogP contribution in [0.5, 0.6) is 0 Å². The highest BCUT2D eigenvalue weighted by molar-refractivity contribution is 7.91. The summed E-state index contributed by atoms with van der Waals surface area (Å²) in [6.45, 7) is 4.55. The highest BCUT2D eigenvalue weighted by Crippen LogP contribution is 2.28. The maximum atomic E-state index is 12.7. The van der Waals surface area contributed by atoms with E-state index in [0.29, 0.717) is 24.5 Å². The Labute approximate surface area is 141 Å². The first-order valence-corrected chi connectivity index (χ1v) is 9.33. The fraction of sp³-hybridized carbons (Fsp3) is 0.375. The van der Waals surface area contributed by atoms with Crippen molar-refractivity contribution in [1.82, 2.24) is 14.5 Å². The number of aromatic nitrogens is 2. The van der Waals surface area contributed by atoms with Crippen LogP contribution < -0.4 is 9.03 Å². The van der Waals surface area contributed by atoms with Crippen molar-refractivity contribution in [3.8, 4) is 0 Å². The molecule has 3 rings (SSSR count). The van der Waals surface area contributed by atoms with Crippen molar-refractivity contribution in [2.24, 2.45) is 0 Å². The lowest BCUT2D eigenvalue weighted by molar-refractivity contribution is 0.0980. The fourth-order valence-electron chi connectivity index (χ4n) is 2.88. The minimum Gasteiger partial charge on any atom is -0.272 e. The van der Waals surface area contributed by atoms with Crippen molar-refractivity contribution in [3.05, 3.63) is 47.3 Å². The number of amides is 1. The highest BCUT2D eigenvalue weighted by atomic mass is 32.2. The number of carbonyl (C=O) groups is 1. The van der Waals surface area contributed by atoms with Gasteiger partial charge in [-0.3, -0.25) is 13.8 Å². The summed E-state index contributed by atoms with van der Waals surface area (Å²) in [6, 6.07) is 7.35. The van der Waals surface area contributed by atoms with Gasteiger partial charge in [-0.25, -0.2) is 4.72 Å². The highest BCUT2D eigenvalue weighted by Gasteiger charge is 2.29. The Bertz CT molecular complexity index is 873. The predicted molar refractivity (Wildman–Crippen MR) is 91.1 cm³/mol. The number of nitrogens with one attached hydrogen (secondary N) is 1. The number of anilines is 1. The van der Waals surface area contributed by atoms with Gasteiger partial charge in [-0.15, -0.1) is 0 Å². The summed E-state index contributed by atoms with van der Waals surface area (Å²) in [7, 11) is -3.96. The minimum absolute atomic E-state index is 0.269. The van der Waals surface area contributed by atoms with E-state index in [1.54, 1.807) is 29.9 Å². The molecule has 1 amide bonds. The van der Waals surface area contributed by atoms with Crippen LogP contribution in [0.15, 0.2) is 30.5 Å². The van der Waals surface area contributed by atoms with Crippen LogP contribution in [0.1, 0.15) is 35.0 Å². The average molecular weight is 348 g/mol. The third-order valence-electron chi connectivity index (χ3n) is 4.09. The first kappa shape index (κ1) is 16.5. The Morgan fingerprint density at radius 1 is 1.33 bits per heavy atom. The summed E-state index contributed by atoms with van der Waals surface area (Å²) < 4.78 is 30.4. The van der Waals surface area contributed by atoms with E-state index in [1.165, 1.54) is 4.31 Å². The monoisotopic (exact) mass is 348 g/mol. The summed E-state index contributed by atoms with van der Waals surface area (Å²) in [5, 5.41) is 4.18. The van der Waals surface area contributed by atoms with Gasteiger partial charge in [0.25, 0.3) is 5.91 Å². The molecular formula is C16H20N4O3S. The number of aryl methyl sites for hydroxylation is 3. The lowest BCUT2D eigenvalue weighted by Crippen LogP contribution is -2.45. The number of rotatable bonds is 4. The molecule has 24 heavy (non-hydrogen) atoms. The molecule has 1 aromatic heterocycles. The van der Waals surface area contributed by atoms with Crippen molar-refractivity contribution >= 4 is 21.8 Å². The normalized spacial score (nSPS) is 14.3. The molecule has 128 valence electrons. The van der Waals surface area contributed by atoms with E-state index in [1.807, 2.05) is 19.1 Å². The first-order chi connectivity index (χ1) is 11.4. The Morgan fingerprint density at radius 3 is 2.79 bits per heavy atom. The molecule has 0 radical (unpaired) electrons. The van der Waals surface area contributed by atoms with E-state index < -0.39 is 16.1 Å². The summed E-state index contributed by atoms with van der Waals surface area (Å²) >= 11 is 0. The Hall–Kier alpha value is -2.35. The summed E-state index contributed by atoms with van der Waals surface area (Å²) in [6.07, 6.45) is 3.11. The maximum Gasteiger partial charge on any atom is 0.326 e. The van der Waals surface area contributed by atoms with Gasteiger partial charge in [0.15, 0.2) is 0 Å². The first-order valence-electron chi connectivity index (χ1n) is 7.89. The Kier molecular flexibility index (Phi) is 4.31. The largest absolute Gasteiger partial charge is 0.326 e. The van der Waals surface area contributed by atoms with E-state index in [-0.39, 0.29) is 5.56 Å². The van der Waals surface area contributed by atoms with E-state index in [4.69, 9.17) is 0 Å². The number of carbonyl (C=O) groups excluding carboxylic acids is 1. The van der Waals surface area contributed by atoms with Crippen molar-refractivity contribution in [2.75, 3.05) is 10.8 Å². The molecule has 0 bridgehead atoms. The Morgan fingerprint density at radius 2 is 2.08 bits per heavy atom. The van der Waals surface area contributed by atoms with Gasteiger partial charge in [-0.1, -0.05) is 18.2 Å². The van der Waals surface area contributed by atoms with Gasteiger partial charge in [0.2, 0.25) is 0 Å². The standard InChI is InChI=1S/C16H20N4O3S/c1-3-19-11-14(12(2)17-19)16(21)18-24(22,23)20-10-6-8-13-7-4-5-9-15(13)20/h4-5,7,9,11H,3,6,8,10H2,1-2H3,(H,18,21). The van der Waals surface area contributed by atoms with Gasteiger partial charge < -0.3 is 0 Å². The SMILES string of the molecule is CCn1cc(C(=O)NS(=O)(=O)N2CCCc3ccccc32)c(C)n1. The lowest BCUT2D eigenvalue weighted by Gasteiger charge is -2.30. The van der Waals surface area contributed by atoms with Gasteiger partial charge in [0, 0.05) is 19.3 Å². The summed E-state index contributed by atoms with van der Waals surface area (Å²) in [5.74, 6) is -0.657. The van der Waals surface area contributed by atoms with Crippen LogP contribution in [0.25, 0.3) is 0 Å². The average Bonchev–Trinajstić information content (AvgIpc) is 2.95. The van der Waals surface area contributed by atoms with Crippen LogP contribution in [-0.2, 0) is 23.2 Å². The molecule has 2 aromatic rings.